The molecular formula is C26H21FN4O. The van der Waals surface area contributed by atoms with E-state index in [4.69, 9.17) is 9.72 Å². The number of para-hydroxylation sites is 1. The van der Waals surface area contributed by atoms with Gasteiger partial charge in [-0.2, -0.15) is 0 Å². The number of ether oxygens (including phenoxy) is 1. The minimum atomic E-state index is -0.265. The molecular weight excluding hydrogens is 403 g/mol. The topological polar surface area (TPSA) is 52.8 Å². The zero-order valence-electron chi connectivity index (χ0n) is 17.4. The summed E-state index contributed by atoms with van der Waals surface area (Å²) in [7, 11) is 0. The molecule has 0 saturated heterocycles. The van der Waals surface area contributed by atoms with Gasteiger partial charge in [0.05, 0.1) is 37.2 Å². The Balaban J connectivity index is 1.31. The molecule has 5 nitrogen and oxygen atoms in total. The van der Waals surface area contributed by atoms with Gasteiger partial charge in [-0.25, -0.2) is 14.1 Å². The van der Waals surface area contributed by atoms with E-state index in [9.17, 15) is 4.39 Å². The first-order chi connectivity index (χ1) is 15.7. The number of hydrogen-bond donors (Lipinski definition) is 0. The fourth-order valence-corrected chi connectivity index (χ4v) is 3.65. The van der Waals surface area contributed by atoms with Gasteiger partial charge >= 0.3 is 0 Å². The van der Waals surface area contributed by atoms with Crippen molar-refractivity contribution in [2.75, 3.05) is 0 Å². The average Bonchev–Trinajstić information content (AvgIpc) is 3.27. The first-order valence-corrected chi connectivity index (χ1v) is 10.4. The van der Waals surface area contributed by atoms with Crippen LogP contribution in [0.2, 0.25) is 0 Å². The molecule has 158 valence electrons. The van der Waals surface area contributed by atoms with Crippen LogP contribution in [0.5, 0.6) is 0 Å². The van der Waals surface area contributed by atoms with Gasteiger partial charge in [-0.15, -0.1) is 5.10 Å². The molecule has 3 aromatic carbocycles. The normalized spacial score (nSPS) is 11.2. The highest BCUT2D eigenvalue weighted by molar-refractivity contribution is 5.85. The molecule has 0 aliphatic carbocycles. The number of pyridine rings is 1. The number of benzene rings is 3. The lowest BCUT2D eigenvalue weighted by atomic mass is 10.0. The number of halogens is 1. The van der Waals surface area contributed by atoms with Gasteiger partial charge in [0, 0.05) is 10.9 Å². The standard InChI is InChI=1S/C26H21FN4O/c27-22-12-10-20(11-13-22)26-14-21(24-8-4-5-9-25(24)28-26)17-32-18-23-16-31(30-29-23)15-19-6-2-1-3-7-19/h1-14,16H,15,17-18H2. The van der Waals surface area contributed by atoms with Crippen molar-refractivity contribution in [3.8, 4) is 11.3 Å². The smallest absolute Gasteiger partial charge is 0.123 e. The van der Waals surface area contributed by atoms with Crippen LogP contribution in [0.1, 0.15) is 16.8 Å². The van der Waals surface area contributed by atoms with E-state index < -0.39 is 0 Å². The first kappa shape index (κ1) is 20.0. The Hall–Kier alpha value is -3.90. The monoisotopic (exact) mass is 424 g/mol. The molecule has 5 rings (SSSR count). The van der Waals surface area contributed by atoms with E-state index in [1.165, 1.54) is 17.7 Å². The van der Waals surface area contributed by atoms with Gasteiger partial charge in [0.1, 0.15) is 11.5 Å². The van der Waals surface area contributed by atoms with Crippen molar-refractivity contribution in [3.05, 3.63) is 114 Å². The predicted molar refractivity (Wildman–Crippen MR) is 121 cm³/mol. The third-order valence-electron chi connectivity index (χ3n) is 5.22. The van der Waals surface area contributed by atoms with Crippen LogP contribution in [-0.4, -0.2) is 20.0 Å². The molecule has 0 bridgehead atoms. The lowest BCUT2D eigenvalue weighted by Crippen LogP contribution is -2.00. The van der Waals surface area contributed by atoms with Crippen LogP contribution in [0.15, 0.2) is 91.1 Å². The summed E-state index contributed by atoms with van der Waals surface area (Å²) in [5, 5.41) is 9.45. The third-order valence-corrected chi connectivity index (χ3v) is 5.22. The first-order valence-electron chi connectivity index (χ1n) is 10.4. The molecule has 0 radical (unpaired) electrons. The van der Waals surface area contributed by atoms with Crippen LogP contribution < -0.4 is 0 Å². The van der Waals surface area contributed by atoms with E-state index in [1.807, 2.05) is 59.4 Å². The fourth-order valence-electron chi connectivity index (χ4n) is 3.65. The Labute approximate surface area is 185 Å². The molecule has 0 saturated carbocycles. The van der Waals surface area contributed by atoms with Crippen LogP contribution in [-0.2, 0) is 24.5 Å². The molecule has 0 unspecified atom stereocenters. The van der Waals surface area contributed by atoms with Gasteiger partial charge in [-0.05, 0) is 47.5 Å². The molecule has 0 aliphatic rings. The maximum absolute atomic E-state index is 13.3. The molecule has 0 fully saturated rings. The summed E-state index contributed by atoms with van der Waals surface area (Å²) < 4.78 is 21.1. The molecule has 5 aromatic rings. The SMILES string of the molecule is Fc1ccc(-c2cc(COCc3cn(Cc4ccccc4)nn3)c3ccccc3n2)cc1. The molecule has 0 amide bonds. The van der Waals surface area contributed by atoms with Gasteiger partial charge < -0.3 is 4.74 Å². The average molecular weight is 424 g/mol. The molecule has 2 aromatic heterocycles. The quantitative estimate of drug-likeness (QED) is 0.351. The summed E-state index contributed by atoms with van der Waals surface area (Å²) >= 11 is 0. The van der Waals surface area contributed by atoms with Gasteiger partial charge in [0.2, 0.25) is 0 Å². The van der Waals surface area contributed by atoms with Gasteiger partial charge in [-0.1, -0.05) is 53.7 Å². The maximum Gasteiger partial charge on any atom is 0.123 e. The van der Waals surface area contributed by atoms with Crippen molar-refractivity contribution in [1.82, 2.24) is 20.0 Å². The summed E-state index contributed by atoms with van der Waals surface area (Å²) in [4.78, 5) is 4.74. The van der Waals surface area contributed by atoms with E-state index in [2.05, 4.69) is 22.4 Å². The molecule has 32 heavy (non-hydrogen) atoms. The third kappa shape index (κ3) is 4.55. The maximum atomic E-state index is 13.3. The van der Waals surface area contributed by atoms with Crippen molar-refractivity contribution < 1.29 is 9.13 Å². The van der Waals surface area contributed by atoms with E-state index in [0.717, 1.165) is 33.4 Å². The lowest BCUT2D eigenvalue weighted by molar-refractivity contribution is 0.105. The number of nitrogens with zero attached hydrogens (tertiary/aromatic N) is 4. The van der Waals surface area contributed by atoms with Crippen LogP contribution in [0.25, 0.3) is 22.2 Å². The van der Waals surface area contributed by atoms with E-state index >= 15 is 0 Å². The second-order valence-electron chi connectivity index (χ2n) is 7.58. The zero-order chi connectivity index (χ0) is 21.8. The van der Waals surface area contributed by atoms with Crippen molar-refractivity contribution in [3.63, 3.8) is 0 Å². The lowest BCUT2D eigenvalue weighted by Gasteiger charge is -2.10. The van der Waals surface area contributed by atoms with Crippen LogP contribution in [0.3, 0.4) is 0 Å². The summed E-state index contributed by atoms with van der Waals surface area (Å²) in [6.07, 6.45) is 1.90. The minimum absolute atomic E-state index is 0.265. The number of rotatable bonds is 7. The van der Waals surface area contributed by atoms with Crippen LogP contribution in [0.4, 0.5) is 4.39 Å². The van der Waals surface area contributed by atoms with Crippen LogP contribution in [0, 0.1) is 5.82 Å². The molecule has 2 heterocycles. The Kier molecular flexibility index (Phi) is 5.68. The summed E-state index contributed by atoms with van der Waals surface area (Å²) in [6.45, 7) is 1.43. The van der Waals surface area contributed by atoms with Gasteiger partial charge in [-0.3, -0.25) is 0 Å². The Bertz CT molecular complexity index is 1330. The van der Waals surface area contributed by atoms with Crippen molar-refractivity contribution in [2.24, 2.45) is 0 Å². The number of hydrogen-bond acceptors (Lipinski definition) is 4. The molecule has 0 aliphatic heterocycles. The second kappa shape index (κ2) is 9.08. The van der Waals surface area contributed by atoms with Crippen molar-refractivity contribution >= 4 is 10.9 Å². The van der Waals surface area contributed by atoms with Gasteiger partial charge in [0.25, 0.3) is 0 Å². The predicted octanol–water partition coefficient (Wildman–Crippen LogP) is 5.40. The highest BCUT2D eigenvalue weighted by Crippen LogP contribution is 2.25. The largest absolute Gasteiger partial charge is 0.370 e. The number of aromatic nitrogens is 4. The Morgan fingerprint density at radius 3 is 2.47 bits per heavy atom. The highest BCUT2D eigenvalue weighted by atomic mass is 19.1. The zero-order valence-corrected chi connectivity index (χ0v) is 17.4. The summed E-state index contributed by atoms with van der Waals surface area (Å²) in [6, 6.07) is 26.5. The van der Waals surface area contributed by atoms with E-state index in [-0.39, 0.29) is 5.82 Å². The molecule has 0 atom stereocenters. The fraction of sp³-hybridized carbons (Fsp3) is 0.115. The van der Waals surface area contributed by atoms with Crippen molar-refractivity contribution in [2.45, 2.75) is 19.8 Å². The summed E-state index contributed by atoms with van der Waals surface area (Å²) in [5.41, 5.74) is 5.49. The van der Waals surface area contributed by atoms with Crippen molar-refractivity contribution in [1.29, 1.82) is 0 Å². The molecule has 0 N–H and O–H groups in total. The minimum Gasteiger partial charge on any atom is -0.370 e. The molecule has 6 heteroatoms. The Morgan fingerprint density at radius 1 is 0.844 bits per heavy atom. The summed E-state index contributed by atoms with van der Waals surface area (Å²) in [5.74, 6) is -0.265. The second-order valence-corrected chi connectivity index (χ2v) is 7.58. The van der Waals surface area contributed by atoms with E-state index in [0.29, 0.717) is 19.8 Å². The highest BCUT2D eigenvalue weighted by Gasteiger charge is 2.09. The van der Waals surface area contributed by atoms with Crippen LogP contribution >= 0.6 is 0 Å². The number of fused-ring (bicyclic) bond motifs is 1. The van der Waals surface area contributed by atoms with E-state index in [1.54, 1.807) is 12.1 Å². The molecule has 0 spiro atoms. The van der Waals surface area contributed by atoms with Gasteiger partial charge in [0.15, 0.2) is 0 Å². The Morgan fingerprint density at radius 2 is 1.62 bits per heavy atom.